The largest absolute Gasteiger partial charge is 0.340 e. The molecule has 2 heterocycles. The first-order valence-corrected chi connectivity index (χ1v) is 11.5. The van der Waals surface area contributed by atoms with Crippen LogP contribution in [0.5, 0.6) is 0 Å². The molecule has 0 spiro atoms. The number of aromatic amines is 1. The molecule has 31 heavy (non-hydrogen) atoms. The minimum Gasteiger partial charge on any atom is -0.340 e. The van der Waals surface area contributed by atoms with Gasteiger partial charge in [-0.2, -0.15) is 0 Å². The molecule has 8 nitrogen and oxygen atoms in total. The van der Waals surface area contributed by atoms with E-state index in [0.29, 0.717) is 24.6 Å². The van der Waals surface area contributed by atoms with Crippen molar-refractivity contribution in [3.8, 4) is 0 Å². The summed E-state index contributed by atoms with van der Waals surface area (Å²) in [4.78, 5) is 31.4. The molecule has 2 fully saturated rings. The second kappa shape index (κ2) is 9.77. The Morgan fingerprint density at radius 3 is 2.65 bits per heavy atom. The highest BCUT2D eigenvalue weighted by atomic mass is 16.2. The Morgan fingerprint density at radius 1 is 1.13 bits per heavy atom. The van der Waals surface area contributed by atoms with Crippen LogP contribution in [0.1, 0.15) is 72.6 Å². The highest BCUT2D eigenvalue weighted by Gasteiger charge is 2.26. The Kier molecular flexibility index (Phi) is 6.85. The van der Waals surface area contributed by atoms with E-state index < -0.39 is 0 Å². The van der Waals surface area contributed by atoms with Crippen molar-refractivity contribution in [2.75, 3.05) is 27.2 Å². The minimum absolute atomic E-state index is 0.111. The molecule has 0 aromatic carbocycles. The number of hydrogen-bond donors (Lipinski definition) is 1. The van der Waals surface area contributed by atoms with Crippen LogP contribution in [-0.2, 0) is 13.1 Å². The molecule has 8 heteroatoms. The van der Waals surface area contributed by atoms with Crippen LogP contribution in [-0.4, -0.2) is 62.9 Å². The number of rotatable bonds is 9. The molecule has 0 aliphatic heterocycles. The van der Waals surface area contributed by atoms with Crippen LogP contribution in [0.15, 0.2) is 23.1 Å². The summed E-state index contributed by atoms with van der Waals surface area (Å²) in [6.07, 6.45) is 10.8. The molecule has 0 radical (unpaired) electrons. The summed E-state index contributed by atoms with van der Waals surface area (Å²) in [6.45, 7) is 2.96. The van der Waals surface area contributed by atoms with Crippen molar-refractivity contribution in [3.63, 3.8) is 0 Å². The highest BCUT2D eigenvalue weighted by Crippen LogP contribution is 2.38. The molecule has 4 rings (SSSR count). The van der Waals surface area contributed by atoms with Gasteiger partial charge in [0.05, 0.1) is 5.69 Å². The van der Waals surface area contributed by atoms with Gasteiger partial charge >= 0.3 is 0 Å². The van der Waals surface area contributed by atoms with Crippen molar-refractivity contribution < 1.29 is 4.79 Å². The maximum Gasteiger partial charge on any atom is 0.253 e. The Labute approximate surface area is 183 Å². The Morgan fingerprint density at radius 2 is 1.90 bits per heavy atom. The van der Waals surface area contributed by atoms with E-state index in [0.717, 1.165) is 43.2 Å². The molecule has 2 aromatic rings. The van der Waals surface area contributed by atoms with E-state index in [4.69, 9.17) is 0 Å². The molecule has 0 unspecified atom stereocenters. The van der Waals surface area contributed by atoms with E-state index in [1.165, 1.54) is 38.2 Å². The number of amides is 1. The summed E-state index contributed by atoms with van der Waals surface area (Å²) < 4.78 is 1.99. The number of likely N-dealkylation sites (N-methyl/N-ethyl adjacent to an activating group) is 2. The number of hydrogen-bond acceptors (Lipinski definition) is 5. The van der Waals surface area contributed by atoms with Gasteiger partial charge in [-0.1, -0.05) is 24.5 Å². The number of nitrogens with zero attached hydrogens (tertiary/aromatic N) is 5. The van der Waals surface area contributed by atoms with Crippen molar-refractivity contribution in [2.24, 2.45) is 5.92 Å². The average Bonchev–Trinajstić information content (AvgIpc) is 3.53. The van der Waals surface area contributed by atoms with Crippen molar-refractivity contribution in [1.82, 2.24) is 29.8 Å². The molecular formula is C23H34N6O2. The molecule has 2 aromatic heterocycles. The zero-order valence-corrected chi connectivity index (χ0v) is 18.7. The van der Waals surface area contributed by atoms with Gasteiger partial charge in [0.1, 0.15) is 0 Å². The molecule has 0 atom stereocenters. The predicted molar refractivity (Wildman–Crippen MR) is 119 cm³/mol. The fourth-order valence-electron chi connectivity index (χ4n) is 4.44. The zero-order chi connectivity index (χ0) is 21.8. The first kappa shape index (κ1) is 21.7. The van der Waals surface area contributed by atoms with E-state index >= 15 is 0 Å². The fourth-order valence-corrected chi connectivity index (χ4v) is 4.44. The summed E-state index contributed by atoms with van der Waals surface area (Å²) in [5, 5.41) is 8.63. The normalized spacial score (nSPS) is 17.3. The van der Waals surface area contributed by atoms with Gasteiger partial charge in [-0.3, -0.25) is 19.2 Å². The molecule has 2 aliphatic rings. The van der Waals surface area contributed by atoms with Gasteiger partial charge in [-0.05, 0) is 50.6 Å². The molecule has 1 N–H and O–H groups in total. The molecule has 168 valence electrons. The van der Waals surface area contributed by atoms with Crippen LogP contribution in [0.3, 0.4) is 0 Å². The second-order valence-corrected chi connectivity index (χ2v) is 9.36. The van der Waals surface area contributed by atoms with Crippen LogP contribution in [0, 0.1) is 5.92 Å². The van der Waals surface area contributed by atoms with Crippen LogP contribution >= 0.6 is 0 Å². The number of pyridine rings is 1. The van der Waals surface area contributed by atoms with Gasteiger partial charge in [-0.25, -0.2) is 0 Å². The number of carbonyl (C=O) groups is 1. The lowest BCUT2D eigenvalue weighted by atomic mass is 9.89. The summed E-state index contributed by atoms with van der Waals surface area (Å²) in [5.41, 5.74) is 2.12. The van der Waals surface area contributed by atoms with Crippen LogP contribution in [0.2, 0.25) is 0 Å². The van der Waals surface area contributed by atoms with Crippen molar-refractivity contribution in [3.05, 3.63) is 45.6 Å². The standard InChI is InChI=1S/C23H34N6O2/c1-27(15-20-16-29(26-25-20)14-17-6-4-3-5-7-17)10-11-28(2)23(31)19-12-21(18-8-9-18)24-22(30)13-19/h12-13,16-18H,3-11,14-15H2,1-2H3,(H,24,30). The van der Waals surface area contributed by atoms with Gasteiger partial charge in [0.2, 0.25) is 5.56 Å². The van der Waals surface area contributed by atoms with Gasteiger partial charge in [0.15, 0.2) is 0 Å². The van der Waals surface area contributed by atoms with E-state index in [1.807, 2.05) is 17.8 Å². The molecule has 2 aliphatic carbocycles. The van der Waals surface area contributed by atoms with E-state index in [9.17, 15) is 9.59 Å². The Hall–Kier alpha value is -2.48. The summed E-state index contributed by atoms with van der Waals surface area (Å²) in [6, 6.07) is 3.24. The zero-order valence-electron chi connectivity index (χ0n) is 18.7. The minimum atomic E-state index is -0.199. The quantitative estimate of drug-likeness (QED) is 0.666. The third-order valence-electron chi connectivity index (χ3n) is 6.48. The van der Waals surface area contributed by atoms with Gasteiger partial charge in [-0.15, -0.1) is 5.10 Å². The van der Waals surface area contributed by atoms with E-state index in [2.05, 4.69) is 26.4 Å². The Bertz CT molecular complexity index is 942. The summed E-state index contributed by atoms with van der Waals surface area (Å²) >= 11 is 0. The maximum absolute atomic E-state index is 12.8. The second-order valence-electron chi connectivity index (χ2n) is 9.36. The number of aromatic nitrogens is 4. The van der Waals surface area contributed by atoms with Gasteiger partial charge in [0.25, 0.3) is 5.91 Å². The van der Waals surface area contributed by atoms with Gasteiger partial charge < -0.3 is 9.88 Å². The first-order valence-electron chi connectivity index (χ1n) is 11.5. The SMILES string of the molecule is CN(CCN(C)C(=O)c1cc(C2CC2)[nH]c(=O)c1)Cc1cn(CC2CCCCC2)nn1. The number of nitrogens with one attached hydrogen (secondary N) is 1. The van der Waals surface area contributed by atoms with E-state index in [-0.39, 0.29) is 11.5 Å². The first-order chi connectivity index (χ1) is 15.0. The third kappa shape index (κ3) is 6.03. The van der Waals surface area contributed by atoms with Crippen molar-refractivity contribution in [1.29, 1.82) is 0 Å². The molecule has 0 bridgehead atoms. The van der Waals surface area contributed by atoms with Crippen LogP contribution in [0.4, 0.5) is 0 Å². The van der Waals surface area contributed by atoms with Gasteiger partial charge in [0, 0.05) is 56.7 Å². The molecular weight excluding hydrogens is 392 g/mol. The highest BCUT2D eigenvalue weighted by molar-refractivity contribution is 5.94. The lowest BCUT2D eigenvalue weighted by Gasteiger charge is -2.22. The third-order valence-corrected chi connectivity index (χ3v) is 6.48. The topological polar surface area (TPSA) is 87.1 Å². The summed E-state index contributed by atoms with van der Waals surface area (Å²) in [5.74, 6) is 1.02. The van der Waals surface area contributed by atoms with Crippen LogP contribution < -0.4 is 5.56 Å². The monoisotopic (exact) mass is 426 g/mol. The lowest BCUT2D eigenvalue weighted by Crippen LogP contribution is -2.35. The van der Waals surface area contributed by atoms with Crippen molar-refractivity contribution >= 4 is 5.91 Å². The maximum atomic E-state index is 12.8. The molecule has 1 amide bonds. The molecule has 0 saturated heterocycles. The molecule has 2 saturated carbocycles. The average molecular weight is 427 g/mol. The van der Waals surface area contributed by atoms with E-state index in [1.54, 1.807) is 11.9 Å². The lowest BCUT2D eigenvalue weighted by molar-refractivity contribution is 0.0781. The number of H-pyrrole nitrogens is 1. The smallest absolute Gasteiger partial charge is 0.253 e. The predicted octanol–water partition coefficient (Wildman–Crippen LogP) is 2.63. The Balaban J connectivity index is 1.25. The summed E-state index contributed by atoms with van der Waals surface area (Å²) in [7, 11) is 3.81. The van der Waals surface area contributed by atoms with Crippen molar-refractivity contribution in [2.45, 2.75) is 64.0 Å². The number of carbonyl (C=O) groups excluding carboxylic acids is 1. The van der Waals surface area contributed by atoms with Crippen LogP contribution in [0.25, 0.3) is 0 Å². The fraction of sp³-hybridized carbons (Fsp3) is 0.652.